The van der Waals surface area contributed by atoms with Crippen LogP contribution in [0.2, 0.25) is 0 Å². The summed E-state index contributed by atoms with van der Waals surface area (Å²) < 4.78 is 1.05. The smallest absolute Gasteiger partial charge is 0.208 e. The molecule has 4 nitrogen and oxygen atoms in total. The highest BCUT2D eigenvalue weighted by molar-refractivity contribution is 8.01. The van der Waals surface area contributed by atoms with Crippen LogP contribution in [0.3, 0.4) is 0 Å². The van der Waals surface area contributed by atoms with Crippen molar-refractivity contribution < 1.29 is 0 Å². The van der Waals surface area contributed by atoms with Crippen molar-refractivity contribution in [2.24, 2.45) is 0 Å². The van der Waals surface area contributed by atoms with Gasteiger partial charge in [-0.3, -0.25) is 0 Å². The number of hydrogen-bond acceptors (Lipinski definition) is 6. The summed E-state index contributed by atoms with van der Waals surface area (Å²) in [6.07, 6.45) is 2.50. The summed E-state index contributed by atoms with van der Waals surface area (Å²) >= 11 is 3.45. The minimum Gasteiger partial charge on any atom is -0.353 e. The first-order chi connectivity index (χ1) is 8.13. The van der Waals surface area contributed by atoms with Gasteiger partial charge in [-0.1, -0.05) is 43.4 Å². The van der Waals surface area contributed by atoms with Crippen molar-refractivity contribution in [2.75, 3.05) is 32.1 Å². The van der Waals surface area contributed by atoms with Gasteiger partial charge < -0.3 is 10.2 Å². The molecule has 17 heavy (non-hydrogen) atoms. The molecule has 0 amide bonds. The van der Waals surface area contributed by atoms with Crippen molar-refractivity contribution in [1.29, 1.82) is 0 Å². The van der Waals surface area contributed by atoms with E-state index in [1.54, 1.807) is 23.1 Å². The Morgan fingerprint density at radius 1 is 1.41 bits per heavy atom. The lowest BCUT2D eigenvalue weighted by Crippen LogP contribution is -2.23. The molecule has 0 aliphatic heterocycles. The quantitative estimate of drug-likeness (QED) is 0.582. The second kappa shape index (κ2) is 7.89. The van der Waals surface area contributed by atoms with E-state index >= 15 is 0 Å². The van der Waals surface area contributed by atoms with Crippen molar-refractivity contribution in [3.63, 3.8) is 0 Å². The van der Waals surface area contributed by atoms with Crippen molar-refractivity contribution in [3.05, 3.63) is 0 Å². The van der Waals surface area contributed by atoms with Crippen LogP contribution in [0.4, 0.5) is 5.13 Å². The van der Waals surface area contributed by atoms with Crippen LogP contribution in [0, 0.1) is 0 Å². The van der Waals surface area contributed by atoms with Gasteiger partial charge in [0.25, 0.3) is 0 Å². The molecule has 1 atom stereocenters. The van der Waals surface area contributed by atoms with E-state index < -0.39 is 0 Å². The maximum atomic E-state index is 4.18. The molecule has 0 aromatic carbocycles. The summed E-state index contributed by atoms with van der Waals surface area (Å²) in [5.74, 6) is 0. The summed E-state index contributed by atoms with van der Waals surface area (Å²) in [6.45, 7) is 6.58. The van der Waals surface area contributed by atoms with Crippen LogP contribution >= 0.6 is 23.1 Å². The first-order valence-corrected chi connectivity index (χ1v) is 7.71. The summed E-state index contributed by atoms with van der Waals surface area (Å²) in [4.78, 5) is 1.99. The number of anilines is 1. The second-order valence-electron chi connectivity index (χ2n) is 4.23. The van der Waals surface area contributed by atoms with Crippen molar-refractivity contribution in [1.82, 2.24) is 15.5 Å². The first-order valence-electron chi connectivity index (χ1n) is 6.01. The van der Waals surface area contributed by atoms with Crippen LogP contribution in [-0.4, -0.2) is 42.6 Å². The van der Waals surface area contributed by atoms with Gasteiger partial charge in [0.1, 0.15) is 0 Å². The number of unbranched alkanes of at least 4 members (excludes halogenated alkanes) is 1. The molecule has 1 unspecified atom stereocenters. The third-order valence-corrected chi connectivity index (χ3v) is 4.50. The Morgan fingerprint density at radius 3 is 2.76 bits per heavy atom. The Bertz CT molecular complexity index is 314. The molecule has 0 spiro atoms. The largest absolute Gasteiger partial charge is 0.353 e. The Morgan fingerprint density at radius 2 is 2.18 bits per heavy atom. The SMILES string of the molecule is CCCCNCC(C)Sc1nnc(N(C)C)s1. The van der Waals surface area contributed by atoms with Crippen molar-refractivity contribution in [3.8, 4) is 0 Å². The molecule has 98 valence electrons. The number of thioether (sulfide) groups is 1. The highest BCUT2D eigenvalue weighted by Crippen LogP contribution is 2.29. The average Bonchev–Trinajstić information content (AvgIpc) is 2.73. The first kappa shape index (κ1) is 14.7. The Labute approximate surface area is 112 Å². The normalized spacial score (nSPS) is 12.7. The maximum Gasteiger partial charge on any atom is 0.208 e. The van der Waals surface area contributed by atoms with Crippen LogP contribution in [-0.2, 0) is 0 Å². The lowest BCUT2D eigenvalue weighted by atomic mass is 10.3. The van der Waals surface area contributed by atoms with Crippen LogP contribution in [0.5, 0.6) is 0 Å². The third kappa shape index (κ3) is 5.70. The van der Waals surface area contributed by atoms with E-state index in [0.29, 0.717) is 5.25 Å². The van der Waals surface area contributed by atoms with Gasteiger partial charge in [0, 0.05) is 25.9 Å². The molecule has 1 heterocycles. The van der Waals surface area contributed by atoms with Crippen molar-refractivity contribution >= 4 is 28.2 Å². The highest BCUT2D eigenvalue weighted by atomic mass is 32.2. The zero-order valence-corrected chi connectivity index (χ0v) is 12.7. The van der Waals surface area contributed by atoms with E-state index in [2.05, 4.69) is 29.4 Å². The average molecular weight is 274 g/mol. The molecule has 0 aliphatic carbocycles. The van der Waals surface area contributed by atoms with Gasteiger partial charge in [0.15, 0.2) is 4.34 Å². The molecule has 1 rings (SSSR count). The highest BCUT2D eigenvalue weighted by Gasteiger charge is 2.10. The predicted octanol–water partition coefficient (Wildman–Crippen LogP) is 2.47. The Kier molecular flexibility index (Phi) is 6.84. The summed E-state index contributed by atoms with van der Waals surface area (Å²) in [5.41, 5.74) is 0. The molecular weight excluding hydrogens is 252 g/mol. The number of nitrogens with one attached hydrogen (secondary N) is 1. The minimum atomic E-state index is 0.537. The predicted molar refractivity (Wildman–Crippen MR) is 77.3 cm³/mol. The van der Waals surface area contributed by atoms with Gasteiger partial charge in [0.05, 0.1) is 0 Å². The van der Waals surface area contributed by atoms with Crippen LogP contribution < -0.4 is 10.2 Å². The molecular formula is C11H22N4S2. The lowest BCUT2D eigenvalue weighted by Gasteiger charge is -2.09. The third-order valence-electron chi connectivity index (χ3n) is 2.22. The molecule has 1 N–H and O–H groups in total. The van der Waals surface area contributed by atoms with Gasteiger partial charge >= 0.3 is 0 Å². The molecule has 0 bridgehead atoms. The van der Waals surface area contributed by atoms with Gasteiger partial charge in [-0.2, -0.15) is 0 Å². The van der Waals surface area contributed by atoms with Gasteiger partial charge in [-0.25, -0.2) is 0 Å². The summed E-state index contributed by atoms with van der Waals surface area (Å²) in [6, 6.07) is 0. The van der Waals surface area contributed by atoms with E-state index in [0.717, 1.165) is 22.6 Å². The fraction of sp³-hybridized carbons (Fsp3) is 0.818. The van der Waals surface area contributed by atoms with Crippen LogP contribution in [0.15, 0.2) is 4.34 Å². The lowest BCUT2D eigenvalue weighted by molar-refractivity contribution is 0.638. The van der Waals surface area contributed by atoms with E-state index in [1.165, 1.54) is 12.8 Å². The molecule has 0 radical (unpaired) electrons. The molecule has 1 aromatic rings. The Balaban J connectivity index is 2.27. The number of aromatic nitrogens is 2. The van der Waals surface area contributed by atoms with Gasteiger partial charge in [-0.05, 0) is 13.0 Å². The number of nitrogens with zero attached hydrogens (tertiary/aromatic N) is 3. The molecule has 0 saturated heterocycles. The fourth-order valence-corrected chi connectivity index (χ4v) is 3.30. The van der Waals surface area contributed by atoms with Crippen LogP contribution in [0.25, 0.3) is 0 Å². The topological polar surface area (TPSA) is 41.1 Å². The Hall–Kier alpha value is -0.330. The zero-order valence-electron chi connectivity index (χ0n) is 11.1. The molecule has 1 aromatic heterocycles. The van der Waals surface area contributed by atoms with E-state index in [1.807, 2.05) is 19.0 Å². The van der Waals surface area contributed by atoms with E-state index in [4.69, 9.17) is 0 Å². The molecule has 0 saturated carbocycles. The number of hydrogen-bond donors (Lipinski definition) is 1. The fourth-order valence-electron chi connectivity index (χ4n) is 1.25. The standard InChI is InChI=1S/C11H22N4S2/c1-5-6-7-12-8-9(2)16-11-14-13-10(17-11)15(3)4/h9,12H,5-8H2,1-4H3. The second-order valence-corrected chi connectivity index (χ2v) is 6.87. The zero-order chi connectivity index (χ0) is 12.7. The molecule has 0 fully saturated rings. The number of rotatable bonds is 8. The van der Waals surface area contributed by atoms with Crippen LogP contribution in [0.1, 0.15) is 26.7 Å². The van der Waals surface area contributed by atoms with Gasteiger partial charge in [-0.15, -0.1) is 10.2 Å². The molecule has 6 heteroatoms. The van der Waals surface area contributed by atoms with Crippen molar-refractivity contribution in [2.45, 2.75) is 36.3 Å². The van der Waals surface area contributed by atoms with E-state index in [9.17, 15) is 0 Å². The summed E-state index contributed by atoms with van der Waals surface area (Å²) in [5, 5.41) is 13.3. The van der Waals surface area contributed by atoms with E-state index in [-0.39, 0.29) is 0 Å². The minimum absolute atomic E-state index is 0.537. The van der Waals surface area contributed by atoms with Gasteiger partial charge in [0.2, 0.25) is 5.13 Å². The summed E-state index contributed by atoms with van der Waals surface area (Å²) in [7, 11) is 3.98. The molecule has 0 aliphatic rings. The maximum absolute atomic E-state index is 4.18. The monoisotopic (exact) mass is 274 g/mol.